The van der Waals surface area contributed by atoms with Crippen molar-refractivity contribution in [1.29, 1.82) is 0 Å². The van der Waals surface area contributed by atoms with E-state index >= 15 is 0 Å². The number of hydrogen-bond acceptors (Lipinski definition) is 3. The first-order chi connectivity index (χ1) is 8.68. The molecule has 0 radical (unpaired) electrons. The number of hydrogen-bond donors (Lipinski definition) is 1. The molecule has 0 aromatic rings. The maximum atomic E-state index is 10.2. The molecule has 110 valence electrons. The predicted molar refractivity (Wildman–Crippen MR) is 78.6 cm³/mol. The van der Waals surface area contributed by atoms with E-state index in [1.807, 2.05) is 13.8 Å². The summed E-state index contributed by atoms with van der Waals surface area (Å²) in [4.78, 5) is 10.2. The van der Waals surface area contributed by atoms with E-state index in [9.17, 15) is 4.80 Å². The molecule has 0 aliphatic carbocycles. The molecule has 4 heteroatoms. The third-order valence-corrected chi connectivity index (χ3v) is 5.55. The van der Waals surface area contributed by atoms with Crippen LogP contribution in [0.5, 0.6) is 0 Å². The standard InChI is InChI=1S/C14H32O3Si/c1-4-7-8-9-10-11-12-13-14-18(15,16-5-2)17-6-3/h15H,4-14H2,1-3H3. The maximum Gasteiger partial charge on any atom is 0.498 e. The van der Waals surface area contributed by atoms with Crippen LogP contribution in [0.4, 0.5) is 0 Å². The topological polar surface area (TPSA) is 38.7 Å². The fourth-order valence-electron chi connectivity index (χ4n) is 2.12. The third-order valence-electron chi connectivity index (χ3n) is 3.09. The second-order valence-electron chi connectivity index (χ2n) is 4.80. The Kier molecular flexibility index (Phi) is 12.2. The van der Waals surface area contributed by atoms with Gasteiger partial charge < -0.3 is 13.6 Å². The Labute approximate surface area is 114 Å². The van der Waals surface area contributed by atoms with Crippen molar-refractivity contribution < 1.29 is 13.6 Å². The molecule has 1 N–H and O–H groups in total. The van der Waals surface area contributed by atoms with Crippen molar-refractivity contribution in [3.8, 4) is 0 Å². The Balaban J connectivity index is 3.49. The van der Waals surface area contributed by atoms with Crippen LogP contribution in [0.2, 0.25) is 6.04 Å². The van der Waals surface area contributed by atoms with Crippen LogP contribution >= 0.6 is 0 Å². The van der Waals surface area contributed by atoms with Crippen LogP contribution in [-0.4, -0.2) is 26.8 Å². The highest BCUT2D eigenvalue weighted by molar-refractivity contribution is 6.59. The minimum atomic E-state index is -2.83. The van der Waals surface area contributed by atoms with Gasteiger partial charge in [0.1, 0.15) is 0 Å². The van der Waals surface area contributed by atoms with Gasteiger partial charge in [0.15, 0.2) is 0 Å². The Morgan fingerprint density at radius 1 is 0.722 bits per heavy atom. The quantitative estimate of drug-likeness (QED) is 0.406. The molecule has 0 atom stereocenters. The van der Waals surface area contributed by atoms with Crippen molar-refractivity contribution in [2.24, 2.45) is 0 Å². The number of rotatable bonds is 13. The van der Waals surface area contributed by atoms with Crippen LogP contribution in [0.3, 0.4) is 0 Å². The molecule has 3 nitrogen and oxygen atoms in total. The fraction of sp³-hybridized carbons (Fsp3) is 1.00. The fourth-order valence-corrected chi connectivity index (χ4v) is 4.09. The Bertz CT molecular complexity index is 170. The monoisotopic (exact) mass is 276 g/mol. The summed E-state index contributed by atoms with van der Waals surface area (Å²) < 4.78 is 10.8. The molecule has 0 aromatic heterocycles. The zero-order valence-corrected chi connectivity index (χ0v) is 13.5. The van der Waals surface area contributed by atoms with E-state index < -0.39 is 8.80 Å². The summed E-state index contributed by atoms with van der Waals surface area (Å²) >= 11 is 0. The molecule has 0 amide bonds. The highest BCUT2D eigenvalue weighted by Gasteiger charge is 2.35. The molecule has 0 aromatic carbocycles. The maximum absolute atomic E-state index is 10.2. The molecular weight excluding hydrogens is 244 g/mol. The smallest absolute Gasteiger partial charge is 0.390 e. The van der Waals surface area contributed by atoms with Gasteiger partial charge in [-0.15, -0.1) is 0 Å². The average molecular weight is 276 g/mol. The predicted octanol–water partition coefficient (Wildman–Crippen LogP) is 4.13. The third kappa shape index (κ3) is 10.1. The highest BCUT2D eigenvalue weighted by atomic mass is 28.4. The van der Waals surface area contributed by atoms with Crippen LogP contribution in [0.15, 0.2) is 0 Å². The van der Waals surface area contributed by atoms with Crippen molar-refractivity contribution in [3.05, 3.63) is 0 Å². The summed E-state index contributed by atoms with van der Waals surface area (Å²) in [6.07, 6.45) is 10.2. The van der Waals surface area contributed by atoms with Gasteiger partial charge in [-0.1, -0.05) is 51.9 Å². The Morgan fingerprint density at radius 2 is 1.17 bits per heavy atom. The molecule has 0 fully saturated rings. The lowest BCUT2D eigenvalue weighted by atomic mass is 10.1. The van der Waals surface area contributed by atoms with Crippen molar-refractivity contribution in [3.63, 3.8) is 0 Å². The van der Waals surface area contributed by atoms with Crippen molar-refractivity contribution in [1.82, 2.24) is 0 Å². The van der Waals surface area contributed by atoms with Crippen molar-refractivity contribution >= 4 is 8.80 Å². The SMILES string of the molecule is CCCCCCCCCC[Si](O)(OCC)OCC. The van der Waals surface area contributed by atoms with E-state index in [1.54, 1.807) is 0 Å². The summed E-state index contributed by atoms with van der Waals surface area (Å²) in [6, 6.07) is 0.712. The van der Waals surface area contributed by atoms with Gasteiger partial charge in [-0.2, -0.15) is 0 Å². The molecule has 0 saturated carbocycles. The molecule has 0 saturated heterocycles. The van der Waals surface area contributed by atoms with E-state index in [4.69, 9.17) is 8.85 Å². The van der Waals surface area contributed by atoms with Gasteiger partial charge in [-0.3, -0.25) is 0 Å². The normalized spacial score (nSPS) is 12.0. The molecule has 0 aliphatic heterocycles. The zero-order valence-electron chi connectivity index (χ0n) is 12.5. The molecule has 0 unspecified atom stereocenters. The second kappa shape index (κ2) is 12.1. The molecule has 18 heavy (non-hydrogen) atoms. The largest absolute Gasteiger partial charge is 0.498 e. The molecule has 0 spiro atoms. The van der Waals surface area contributed by atoms with Crippen LogP contribution in [0, 0.1) is 0 Å². The lowest BCUT2D eigenvalue weighted by molar-refractivity contribution is 0.107. The molecule has 0 bridgehead atoms. The Morgan fingerprint density at radius 3 is 1.61 bits per heavy atom. The van der Waals surface area contributed by atoms with Crippen LogP contribution < -0.4 is 0 Å². The minimum absolute atomic E-state index is 0.541. The van der Waals surface area contributed by atoms with Crippen molar-refractivity contribution in [2.75, 3.05) is 13.2 Å². The summed E-state index contributed by atoms with van der Waals surface area (Å²) in [6.45, 7) is 7.14. The van der Waals surface area contributed by atoms with Gasteiger partial charge in [0.25, 0.3) is 0 Å². The molecule has 0 heterocycles. The van der Waals surface area contributed by atoms with Gasteiger partial charge in [-0.05, 0) is 20.3 Å². The van der Waals surface area contributed by atoms with Crippen molar-refractivity contribution in [2.45, 2.75) is 78.2 Å². The minimum Gasteiger partial charge on any atom is -0.390 e. The van der Waals surface area contributed by atoms with E-state index in [1.165, 1.54) is 44.9 Å². The number of unbranched alkanes of at least 4 members (excludes halogenated alkanes) is 7. The van der Waals surface area contributed by atoms with Gasteiger partial charge in [-0.25, -0.2) is 0 Å². The van der Waals surface area contributed by atoms with E-state index in [2.05, 4.69) is 6.92 Å². The average Bonchev–Trinajstić information content (AvgIpc) is 2.33. The first kappa shape index (κ1) is 18.1. The Hall–Kier alpha value is 0.0969. The lowest BCUT2D eigenvalue weighted by Crippen LogP contribution is -2.42. The first-order valence-corrected chi connectivity index (χ1v) is 9.65. The van der Waals surface area contributed by atoms with Gasteiger partial charge in [0.2, 0.25) is 0 Å². The molecular formula is C14H32O3Si. The van der Waals surface area contributed by atoms with Crippen LogP contribution in [-0.2, 0) is 8.85 Å². The van der Waals surface area contributed by atoms with Gasteiger partial charge >= 0.3 is 8.80 Å². The summed E-state index contributed by atoms with van der Waals surface area (Å²) in [7, 11) is -2.83. The van der Waals surface area contributed by atoms with Gasteiger partial charge in [0.05, 0.1) is 0 Å². The van der Waals surface area contributed by atoms with E-state index in [0.29, 0.717) is 19.3 Å². The van der Waals surface area contributed by atoms with Gasteiger partial charge in [0, 0.05) is 19.3 Å². The second-order valence-corrected chi connectivity index (χ2v) is 7.31. The summed E-state index contributed by atoms with van der Waals surface area (Å²) in [5, 5.41) is 0. The lowest BCUT2D eigenvalue weighted by Gasteiger charge is -2.22. The molecule has 0 rings (SSSR count). The van der Waals surface area contributed by atoms with Crippen LogP contribution in [0.1, 0.15) is 72.1 Å². The zero-order chi connectivity index (χ0) is 13.7. The van der Waals surface area contributed by atoms with E-state index in [0.717, 1.165) is 6.42 Å². The van der Waals surface area contributed by atoms with Crippen LogP contribution in [0.25, 0.3) is 0 Å². The highest BCUT2D eigenvalue weighted by Crippen LogP contribution is 2.16. The van der Waals surface area contributed by atoms with E-state index in [-0.39, 0.29) is 0 Å². The first-order valence-electron chi connectivity index (χ1n) is 7.68. The summed E-state index contributed by atoms with van der Waals surface area (Å²) in [5.41, 5.74) is 0. The molecule has 0 aliphatic rings. The summed E-state index contributed by atoms with van der Waals surface area (Å²) in [5.74, 6) is 0.